The van der Waals surface area contributed by atoms with E-state index in [-0.39, 0.29) is 12.5 Å². The van der Waals surface area contributed by atoms with Gasteiger partial charge in [-0.05, 0) is 59.7 Å². The van der Waals surface area contributed by atoms with Crippen molar-refractivity contribution in [1.82, 2.24) is 4.57 Å². The van der Waals surface area contributed by atoms with E-state index in [0.29, 0.717) is 10.9 Å². The van der Waals surface area contributed by atoms with Crippen LogP contribution in [0.4, 0.5) is 5.69 Å². The summed E-state index contributed by atoms with van der Waals surface area (Å²) in [6, 6.07) is 14.0. The number of aromatic nitrogens is 1. The average Bonchev–Trinajstić information content (AvgIpc) is 2.94. The van der Waals surface area contributed by atoms with Crippen molar-refractivity contribution in [3.05, 3.63) is 64.8 Å². The molecule has 0 spiro atoms. The lowest BCUT2D eigenvalue weighted by Crippen LogP contribution is -2.18. The smallest absolute Gasteiger partial charge is 0.244 e. The van der Waals surface area contributed by atoms with Gasteiger partial charge in [0.2, 0.25) is 5.91 Å². The Balaban J connectivity index is 1.79. The van der Waals surface area contributed by atoms with Crippen LogP contribution in [-0.2, 0) is 11.3 Å². The number of hydrogen-bond donors (Lipinski definition) is 1. The highest BCUT2D eigenvalue weighted by molar-refractivity contribution is 6.31. The van der Waals surface area contributed by atoms with Crippen molar-refractivity contribution < 1.29 is 4.79 Å². The van der Waals surface area contributed by atoms with E-state index >= 15 is 0 Å². The normalized spacial score (nSPS) is 11.2. The van der Waals surface area contributed by atoms with Gasteiger partial charge in [0, 0.05) is 22.4 Å². The topological polar surface area (TPSA) is 34.0 Å². The van der Waals surface area contributed by atoms with Gasteiger partial charge in [-0.2, -0.15) is 0 Å². The fraction of sp³-hybridized carbons (Fsp3) is 0.250. The monoisotopic (exact) mass is 340 g/mol. The first kappa shape index (κ1) is 16.6. The Labute approximate surface area is 147 Å². The van der Waals surface area contributed by atoms with Gasteiger partial charge in [0.1, 0.15) is 6.54 Å². The summed E-state index contributed by atoms with van der Waals surface area (Å²) in [5, 5.41) is 4.75. The van der Waals surface area contributed by atoms with Crippen molar-refractivity contribution in [3.8, 4) is 0 Å². The Morgan fingerprint density at radius 2 is 2.00 bits per heavy atom. The van der Waals surface area contributed by atoms with Crippen LogP contribution in [-0.4, -0.2) is 10.5 Å². The van der Waals surface area contributed by atoms with Gasteiger partial charge in [-0.1, -0.05) is 37.6 Å². The maximum Gasteiger partial charge on any atom is 0.244 e. The molecule has 1 amide bonds. The Kier molecular flexibility index (Phi) is 4.63. The van der Waals surface area contributed by atoms with Crippen LogP contribution in [0.5, 0.6) is 0 Å². The van der Waals surface area contributed by atoms with Gasteiger partial charge in [-0.3, -0.25) is 4.79 Å². The van der Waals surface area contributed by atoms with Gasteiger partial charge in [-0.15, -0.1) is 0 Å². The summed E-state index contributed by atoms with van der Waals surface area (Å²) in [5.41, 5.74) is 4.01. The number of carbonyl (C=O) groups excluding carboxylic acids is 1. The number of halogens is 1. The van der Waals surface area contributed by atoms with Crippen molar-refractivity contribution in [2.75, 3.05) is 5.32 Å². The molecule has 124 valence electrons. The zero-order valence-electron chi connectivity index (χ0n) is 14.1. The van der Waals surface area contributed by atoms with Gasteiger partial charge in [-0.25, -0.2) is 0 Å². The van der Waals surface area contributed by atoms with Crippen molar-refractivity contribution in [2.24, 2.45) is 0 Å². The molecule has 3 nitrogen and oxygen atoms in total. The molecule has 0 aliphatic rings. The maximum absolute atomic E-state index is 12.4. The van der Waals surface area contributed by atoms with E-state index in [0.717, 1.165) is 22.2 Å². The Morgan fingerprint density at radius 3 is 2.75 bits per heavy atom. The summed E-state index contributed by atoms with van der Waals surface area (Å²) in [4.78, 5) is 12.4. The molecule has 3 rings (SSSR count). The first-order chi connectivity index (χ1) is 11.5. The fourth-order valence-corrected chi connectivity index (χ4v) is 2.98. The summed E-state index contributed by atoms with van der Waals surface area (Å²) in [7, 11) is 0. The highest BCUT2D eigenvalue weighted by atomic mass is 35.5. The quantitative estimate of drug-likeness (QED) is 0.681. The summed E-state index contributed by atoms with van der Waals surface area (Å²) in [5.74, 6) is 0.428. The predicted molar refractivity (Wildman–Crippen MR) is 101 cm³/mol. The van der Waals surface area contributed by atoms with Crippen LogP contribution >= 0.6 is 11.6 Å². The number of anilines is 1. The third-order valence-corrected chi connectivity index (χ3v) is 4.73. The molecular weight excluding hydrogens is 320 g/mol. The lowest BCUT2D eigenvalue weighted by atomic mass is 10.0. The lowest BCUT2D eigenvalue weighted by molar-refractivity contribution is -0.116. The first-order valence-corrected chi connectivity index (χ1v) is 8.47. The van der Waals surface area contributed by atoms with E-state index in [1.165, 1.54) is 5.56 Å². The molecule has 1 heterocycles. The van der Waals surface area contributed by atoms with Gasteiger partial charge in [0.25, 0.3) is 0 Å². The highest BCUT2D eigenvalue weighted by Gasteiger charge is 2.10. The molecule has 2 aromatic carbocycles. The summed E-state index contributed by atoms with van der Waals surface area (Å²) < 4.78 is 1.97. The lowest BCUT2D eigenvalue weighted by Gasteiger charge is -2.11. The number of carbonyl (C=O) groups is 1. The highest BCUT2D eigenvalue weighted by Crippen LogP contribution is 2.24. The largest absolute Gasteiger partial charge is 0.338 e. The number of rotatable bonds is 4. The summed E-state index contributed by atoms with van der Waals surface area (Å²) in [6.07, 6.45) is 1.96. The van der Waals surface area contributed by atoms with Crippen molar-refractivity contribution in [2.45, 2.75) is 33.2 Å². The molecule has 0 fully saturated rings. The molecule has 1 aromatic heterocycles. The van der Waals surface area contributed by atoms with E-state index in [1.807, 2.05) is 35.9 Å². The SMILES string of the molecule is Cc1c(Cl)cccc1NC(=O)Cn1ccc2cc(C(C)C)ccc21. The van der Waals surface area contributed by atoms with Crippen LogP contribution in [0, 0.1) is 6.92 Å². The van der Waals surface area contributed by atoms with Crippen LogP contribution in [0.3, 0.4) is 0 Å². The number of nitrogens with one attached hydrogen (secondary N) is 1. The van der Waals surface area contributed by atoms with E-state index in [1.54, 1.807) is 0 Å². The van der Waals surface area contributed by atoms with E-state index in [2.05, 4.69) is 43.4 Å². The zero-order chi connectivity index (χ0) is 17.3. The minimum atomic E-state index is -0.0641. The molecule has 3 aromatic rings. The molecular formula is C20H21ClN2O. The Bertz CT molecular complexity index is 896. The maximum atomic E-state index is 12.4. The summed E-state index contributed by atoms with van der Waals surface area (Å²) in [6.45, 7) is 6.53. The second-order valence-corrected chi connectivity index (χ2v) is 6.78. The van der Waals surface area contributed by atoms with E-state index in [9.17, 15) is 4.79 Å². The van der Waals surface area contributed by atoms with Gasteiger partial charge >= 0.3 is 0 Å². The van der Waals surface area contributed by atoms with Crippen LogP contribution in [0.2, 0.25) is 5.02 Å². The molecule has 1 N–H and O–H groups in total. The van der Waals surface area contributed by atoms with E-state index < -0.39 is 0 Å². The van der Waals surface area contributed by atoms with Crippen molar-refractivity contribution in [3.63, 3.8) is 0 Å². The molecule has 24 heavy (non-hydrogen) atoms. The molecule has 0 saturated heterocycles. The third-order valence-electron chi connectivity index (χ3n) is 4.32. The second kappa shape index (κ2) is 6.70. The number of hydrogen-bond acceptors (Lipinski definition) is 1. The minimum absolute atomic E-state index is 0.0641. The second-order valence-electron chi connectivity index (χ2n) is 6.38. The molecule has 0 bridgehead atoms. The molecule has 0 atom stereocenters. The number of amides is 1. The zero-order valence-corrected chi connectivity index (χ0v) is 14.9. The molecule has 0 saturated carbocycles. The van der Waals surface area contributed by atoms with E-state index in [4.69, 9.17) is 11.6 Å². The standard InChI is InChI=1S/C20H21ClN2O/c1-13(2)15-7-8-19-16(11-15)9-10-23(19)12-20(24)22-18-6-4-5-17(21)14(18)3/h4-11,13H,12H2,1-3H3,(H,22,24). The number of benzene rings is 2. The fourth-order valence-electron chi connectivity index (χ4n) is 2.80. The Hall–Kier alpha value is -2.26. The summed E-state index contributed by atoms with van der Waals surface area (Å²) >= 11 is 6.10. The number of nitrogens with zero attached hydrogens (tertiary/aromatic N) is 1. The predicted octanol–water partition coefficient (Wildman–Crippen LogP) is 5.37. The minimum Gasteiger partial charge on any atom is -0.338 e. The van der Waals surface area contributed by atoms with Crippen LogP contribution < -0.4 is 5.32 Å². The molecule has 4 heteroatoms. The molecule has 0 aliphatic carbocycles. The Morgan fingerprint density at radius 1 is 1.21 bits per heavy atom. The van der Waals surface area contributed by atoms with Crippen molar-refractivity contribution in [1.29, 1.82) is 0 Å². The van der Waals surface area contributed by atoms with Gasteiger partial charge in [0.05, 0.1) is 0 Å². The molecule has 0 aliphatic heterocycles. The van der Waals surface area contributed by atoms with Crippen LogP contribution in [0.15, 0.2) is 48.7 Å². The van der Waals surface area contributed by atoms with Crippen molar-refractivity contribution >= 4 is 34.1 Å². The number of fused-ring (bicyclic) bond motifs is 1. The first-order valence-electron chi connectivity index (χ1n) is 8.09. The van der Waals surface area contributed by atoms with Crippen LogP contribution in [0.25, 0.3) is 10.9 Å². The van der Waals surface area contributed by atoms with Gasteiger partial charge in [0.15, 0.2) is 0 Å². The third kappa shape index (κ3) is 3.31. The molecule has 0 unspecified atom stereocenters. The molecule has 0 radical (unpaired) electrons. The van der Waals surface area contributed by atoms with Crippen LogP contribution in [0.1, 0.15) is 30.9 Å². The average molecular weight is 341 g/mol. The van der Waals surface area contributed by atoms with Gasteiger partial charge < -0.3 is 9.88 Å².